The number of thioether (sulfide) groups is 1. The molecule has 2 heteroatoms. The van der Waals surface area contributed by atoms with Crippen LogP contribution in [-0.4, -0.2) is 19.8 Å². The van der Waals surface area contributed by atoms with Crippen molar-refractivity contribution in [1.82, 2.24) is 5.32 Å². The molecule has 0 aromatic heterocycles. The Morgan fingerprint density at radius 3 is 2.85 bits per heavy atom. The van der Waals surface area contributed by atoms with Crippen molar-refractivity contribution in [2.24, 2.45) is 0 Å². The molecule has 1 aromatic rings. The summed E-state index contributed by atoms with van der Waals surface area (Å²) in [5.41, 5.74) is 1.30. The summed E-state index contributed by atoms with van der Waals surface area (Å²) in [4.78, 5) is 1.33. The van der Waals surface area contributed by atoms with Gasteiger partial charge in [0.1, 0.15) is 0 Å². The molecule has 0 radical (unpaired) electrons. The van der Waals surface area contributed by atoms with Crippen LogP contribution in [0.5, 0.6) is 0 Å². The third-order valence-corrected chi connectivity index (χ3v) is 2.57. The van der Waals surface area contributed by atoms with Crippen LogP contribution in [0.4, 0.5) is 0 Å². The molecule has 1 nitrogen and oxygen atoms in total. The lowest BCUT2D eigenvalue weighted by Gasteiger charge is -2.00. The summed E-state index contributed by atoms with van der Waals surface area (Å²) in [5.74, 6) is 0. The molecule has 13 heavy (non-hydrogen) atoms. The summed E-state index contributed by atoms with van der Waals surface area (Å²) in [5, 5.41) is 3.08. The summed E-state index contributed by atoms with van der Waals surface area (Å²) < 4.78 is 0. The van der Waals surface area contributed by atoms with E-state index >= 15 is 0 Å². The van der Waals surface area contributed by atoms with Crippen molar-refractivity contribution in [3.63, 3.8) is 0 Å². The fourth-order valence-electron chi connectivity index (χ4n) is 1.11. The zero-order chi connectivity index (χ0) is 9.52. The highest BCUT2D eigenvalue weighted by molar-refractivity contribution is 7.98. The van der Waals surface area contributed by atoms with E-state index in [1.54, 1.807) is 11.8 Å². The van der Waals surface area contributed by atoms with Crippen LogP contribution in [-0.2, 0) is 0 Å². The Hall–Kier alpha value is -0.730. The van der Waals surface area contributed by atoms with Gasteiger partial charge in [-0.2, -0.15) is 0 Å². The number of benzene rings is 1. The minimum Gasteiger partial charge on any atom is -0.316 e. The fraction of sp³-hybridized carbons (Fsp3) is 0.273. The van der Waals surface area contributed by atoms with Gasteiger partial charge in [0.05, 0.1) is 0 Å². The van der Waals surface area contributed by atoms with E-state index < -0.39 is 0 Å². The maximum absolute atomic E-state index is 3.08. The van der Waals surface area contributed by atoms with Crippen LogP contribution in [0.2, 0.25) is 0 Å². The number of nitrogens with one attached hydrogen (secondary N) is 1. The van der Waals surface area contributed by atoms with Gasteiger partial charge in [0.2, 0.25) is 0 Å². The highest BCUT2D eigenvalue weighted by Gasteiger charge is 1.94. The molecule has 0 heterocycles. The molecule has 0 aliphatic carbocycles. The largest absolute Gasteiger partial charge is 0.316 e. The van der Waals surface area contributed by atoms with E-state index in [1.807, 2.05) is 7.05 Å². The smallest absolute Gasteiger partial charge is 0.0141 e. The Bertz CT molecular complexity index is 281. The minimum atomic E-state index is 0.919. The van der Waals surface area contributed by atoms with Crippen molar-refractivity contribution in [1.29, 1.82) is 0 Å². The predicted molar refractivity (Wildman–Crippen MR) is 61.2 cm³/mol. The molecule has 1 aromatic carbocycles. The van der Waals surface area contributed by atoms with Gasteiger partial charge in [-0.1, -0.05) is 30.4 Å². The van der Waals surface area contributed by atoms with Gasteiger partial charge < -0.3 is 5.32 Å². The molecule has 0 amide bonds. The first-order chi connectivity index (χ1) is 6.38. The molecule has 0 spiro atoms. The molecule has 1 N–H and O–H groups in total. The maximum atomic E-state index is 3.08. The first kappa shape index (κ1) is 10.4. The molecule has 0 unspecified atom stereocenters. The van der Waals surface area contributed by atoms with Gasteiger partial charge in [-0.25, -0.2) is 0 Å². The third kappa shape index (κ3) is 3.25. The highest BCUT2D eigenvalue weighted by Crippen LogP contribution is 2.20. The lowest BCUT2D eigenvalue weighted by atomic mass is 10.2. The fourth-order valence-corrected chi connectivity index (χ4v) is 1.69. The van der Waals surface area contributed by atoms with Crippen LogP contribution in [0.25, 0.3) is 6.08 Å². The molecule has 70 valence electrons. The molecule has 0 saturated carbocycles. The molecule has 0 saturated heterocycles. The average Bonchev–Trinajstić information content (AvgIpc) is 2.19. The van der Waals surface area contributed by atoms with E-state index in [-0.39, 0.29) is 0 Å². The second-order valence-electron chi connectivity index (χ2n) is 2.70. The predicted octanol–water partition coefficient (Wildman–Crippen LogP) is 2.64. The maximum Gasteiger partial charge on any atom is 0.0141 e. The first-order valence-corrected chi connectivity index (χ1v) is 5.55. The van der Waals surface area contributed by atoms with Gasteiger partial charge in [-0.3, -0.25) is 0 Å². The zero-order valence-corrected chi connectivity index (χ0v) is 8.90. The van der Waals surface area contributed by atoms with Crippen molar-refractivity contribution >= 4 is 17.8 Å². The Morgan fingerprint density at radius 1 is 1.38 bits per heavy atom. The van der Waals surface area contributed by atoms with E-state index in [9.17, 15) is 0 Å². The first-order valence-electron chi connectivity index (χ1n) is 4.32. The summed E-state index contributed by atoms with van der Waals surface area (Å²) in [6, 6.07) is 8.42. The molecular weight excluding hydrogens is 178 g/mol. The van der Waals surface area contributed by atoms with Crippen molar-refractivity contribution in [2.45, 2.75) is 4.90 Å². The van der Waals surface area contributed by atoms with E-state index in [1.165, 1.54) is 10.5 Å². The Balaban J connectivity index is 2.74. The normalized spacial score (nSPS) is 10.9. The monoisotopic (exact) mass is 193 g/mol. The Morgan fingerprint density at radius 2 is 2.15 bits per heavy atom. The SMILES string of the molecule is CNCC=Cc1ccccc1SC. The molecule has 0 bridgehead atoms. The quantitative estimate of drug-likeness (QED) is 0.738. The average molecular weight is 193 g/mol. The minimum absolute atomic E-state index is 0.919. The van der Waals surface area contributed by atoms with Gasteiger partial charge in [-0.05, 0) is 24.9 Å². The van der Waals surface area contributed by atoms with Crippen molar-refractivity contribution < 1.29 is 0 Å². The summed E-state index contributed by atoms with van der Waals surface area (Å²) in [6.07, 6.45) is 6.39. The van der Waals surface area contributed by atoms with E-state index in [0.29, 0.717) is 0 Å². The van der Waals surface area contributed by atoms with Crippen molar-refractivity contribution in [3.8, 4) is 0 Å². The third-order valence-electron chi connectivity index (χ3n) is 1.76. The van der Waals surface area contributed by atoms with Gasteiger partial charge >= 0.3 is 0 Å². The number of likely N-dealkylation sites (N-methyl/N-ethyl adjacent to an activating group) is 1. The summed E-state index contributed by atoms with van der Waals surface area (Å²) in [6.45, 7) is 0.919. The van der Waals surface area contributed by atoms with Gasteiger partial charge in [0.25, 0.3) is 0 Å². The van der Waals surface area contributed by atoms with Crippen LogP contribution >= 0.6 is 11.8 Å². The van der Waals surface area contributed by atoms with Crippen molar-refractivity contribution in [3.05, 3.63) is 35.9 Å². The summed E-state index contributed by atoms with van der Waals surface area (Å²) in [7, 11) is 1.95. The Kier molecular flexibility index (Phi) is 4.65. The summed E-state index contributed by atoms with van der Waals surface area (Å²) >= 11 is 1.78. The van der Waals surface area contributed by atoms with Crippen LogP contribution < -0.4 is 5.32 Å². The standard InChI is InChI=1S/C11H15NS/c1-12-9-5-7-10-6-3-4-8-11(10)13-2/h3-8,12H,9H2,1-2H3. The van der Waals surface area contributed by atoms with Crippen molar-refractivity contribution in [2.75, 3.05) is 19.8 Å². The number of hydrogen-bond donors (Lipinski definition) is 1. The van der Waals surface area contributed by atoms with Crippen LogP contribution in [0.3, 0.4) is 0 Å². The molecular formula is C11H15NS. The second-order valence-corrected chi connectivity index (χ2v) is 3.55. The van der Waals surface area contributed by atoms with E-state index in [0.717, 1.165) is 6.54 Å². The van der Waals surface area contributed by atoms with Crippen LogP contribution in [0.15, 0.2) is 35.2 Å². The topological polar surface area (TPSA) is 12.0 Å². The van der Waals surface area contributed by atoms with Gasteiger partial charge in [-0.15, -0.1) is 11.8 Å². The molecule has 1 rings (SSSR count). The lowest BCUT2D eigenvalue weighted by Crippen LogP contribution is -2.03. The number of hydrogen-bond acceptors (Lipinski definition) is 2. The van der Waals surface area contributed by atoms with E-state index in [2.05, 4.69) is 48.0 Å². The molecule has 0 atom stereocenters. The number of rotatable bonds is 4. The zero-order valence-electron chi connectivity index (χ0n) is 8.08. The highest BCUT2D eigenvalue weighted by atomic mass is 32.2. The molecule has 0 aliphatic heterocycles. The van der Waals surface area contributed by atoms with Gasteiger partial charge in [0, 0.05) is 11.4 Å². The van der Waals surface area contributed by atoms with Crippen LogP contribution in [0, 0.1) is 0 Å². The Labute approximate surface area is 84.2 Å². The molecule has 0 fully saturated rings. The molecule has 0 aliphatic rings. The van der Waals surface area contributed by atoms with E-state index in [4.69, 9.17) is 0 Å². The lowest BCUT2D eigenvalue weighted by molar-refractivity contribution is 0.922. The van der Waals surface area contributed by atoms with Crippen LogP contribution in [0.1, 0.15) is 5.56 Å². The second kappa shape index (κ2) is 5.84. The van der Waals surface area contributed by atoms with Gasteiger partial charge in [0.15, 0.2) is 0 Å².